The summed E-state index contributed by atoms with van der Waals surface area (Å²) in [5, 5.41) is 0. The van der Waals surface area contributed by atoms with Crippen LogP contribution in [0.3, 0.4) is 0 Å². The van der Waals surface area contributed by atoms with Crippen LogP contribution in [-0.4, -0.2) is 29.0 Å². The van der Waals surface area contributed by atoms with Gasteiger partial charge in [0.25, 0.3) is 0 Å². The van der Waals surface area contributed by atoms with Gasteiger partial charge in [-0.2, -0.15) is 0 Å². The molecule has 0 saturated carbocycles. The van der Waals surface area contributed by atoms with Crippen molar-refractivity contribution in [3.8, 4) is 0 Å². The summed E-state index contributed by atoms with van der Waals surface area (Å²) in [7, 11) is 0. The summed E-state index contributed by atoms with van der Waals surface area (Å²) in [6, 6.07) is 2.70. The molecule has 1 aromatic rings. The summed E-state index contributed by atoms with van der Waals surface area (Å²) in [5.41, 5.74) is 8.84. The second-order valence-corrected chi connectivity index (χ2v) is 4.67. The molecule has 0 spiro atoms. The number of hydrogen-bond acceptors (Lipinski definition) is 3. The number of aromatic nitrogens is 1. The Bertz CT molecular complexity index is 349. The Morgan fingerprint density at radius 2 is 2.38 bits per heavy atom. The molecule has 1 aliphatic heterocycles. The van der Waals surface area contributed by atoms with Crippen LogP contribution in [0.1, 0.15) is 36.9 Å². The lowest BCUT2D eigenvalue weighted by Crippen LogP contribution is -2.32. The third-order valence-corrected chi connectivity index (χ3v) is 3.46. The first-order chi connectivity index (χ1) is 7.74. The molecule has 88 valence electrons. The molecule has 3 nitrogen and oxygen atoms in total. The fourth-order valence-electron chi connectivity index (χ4n) is 2.63. The number of pyridine rings is 1. The molecule has 2 unspecified atom stereocenters. The third-order valence-electron chi connectivity index (χ3n) is 3.46. The van der Waals surface area contributed by atoms with Crippen LogP contribution in [0.4, 0.5) is 0 Å². The molecule has 16 heavy (non-hydrogen) atoms. The highest BCUT2D eigenvalue weighted by Gasteiger charge is 2.33. The third kappa shape index (κ3) is 2.11. The predicted octanol–water partition coefficient (Wildman–Crippen LogP) is 1.87. The largest absolute Gasteiger partial charge is 0.326 e. The average molecular weight is 219 g/mol. The van der Waals surface area contributed by atoms with Crippen LogP contribution in [0.5, 0.6) is 0 Å². The van der Waals surface area contributed by atoms with Gasteiger partial charge in [-0.05, 0) is 43.5 Å². The first-order valence-corrected chi connectivity index (χ1v) is 6.14. The number of likely N-dealkylation sites (tertiary alicyclic amines) is 1. The molecule has 0 radical (unpaired) electrons. The Balaban J connectivity index is 2.26. The molecule has 2 N–H and O–H groups in total. The number of nitrogens with zero attached hydrogens (tertiary/aromatic N) is 2. The number of hydrogen-bond donors (Lipinski definition) is 1. The van der Waals surface area contributed by atoms with Gasteiger partial charge in [0.05, 0.1) is 6.04 Å². The van der Waals surface area contributed by atoms with Crippen LogP contribution in [0.25, 0.3) is 0 Å². The van der Waals surface area contributed by atoms with Crippen molar-refractivity contribution in [2.24, 2.45) is 5.73 Å². The maximum absolute atomic E-state index is 6.23. The lowest BCUT2D eigenvalue weighted by molar-refractivity contribution is 0.247. The van der Waals surface area contributed by atoms with Gasteiger partial charge in [0.15, 0.2) is 0 Å². The van der Waals surface area contributed by atoms with E-state index >= 15 is 0 Å². The van der Waals surface area contributed by atoms with Crippen LogP contribution in [0.2, 0.25) is 0 Å². The Morgan fingerprint density at radius 1 is 1.56 bits per heavy atom. The number of rotatable bonds is 3. The van der Waals surface area contributed by atoms with Crippen LogP contribution in [0, 0.1) is 6.92 Å². The zero-order valence-corrected chi connectivity index (χ0v) is 10.2. The topological polar surface area (TPSA) is 42.1 Å². The van der Waals surface area contributed by atoms with Gasteiger partial charge in [-0.15, -0.1) is 0 Å². The van der Waals surface area contributed by atoms with Gasteiger partial charge in [0.2, 0.25) is 0 Å². The van der Waals surface area contributed by atoms with Crippen molar-refractivity contribution in [1.82, 2.24) is 9.88 Å². The maximum Gasteiger partial charge on any atom is 0.0517 e. The molecule has 1 fully saturated rings. The van der Waals surface area contributed by atoms with E-state index in [1.165, 1.54) is 17.5 Å². The molecule has 2 atom stereocenters. The van der Waals surface area contributed by atoms with Crippen LogP contribution >= 0.6 is 0 Å². The van der Waals surface area contributed by atoms with E-state index in [1.807, 2.05) is 12.4 Å². The Morgan fingerprint density at radius 3 is 3.06 bits per heavy atom. The van der Waals surface area contributed by atoms with Crippen molar-refractivity contribution < 1.29 is 0 Å². The highest BCUT2D eigenvalue weighted by Crippen LogP contribution is 2.32. The van der Waals surface area contributed by atoms with Crippen molar-refractivity contribution in [3.05, 3.63) is 29.6 Å². The fraction of sp³-hybridized carbons (Fsp3) is 0.615. The second kappa shape index (κ2) is 4.93. The zero-order valence-electron chi connectivity index (χ0n) is 10.2. The van der Waals surface area contributed by atoms with Crippen molar-refractivity contribution in [3.63, 3.8) is 0 Å². The first-order valence-electron chi connectivity index (χ1n) is 6.14. The highest BCUT2D eigenvalue weighted by molar-refractivity contribution is 5.27. The summed E-state index contributed by atoms with van der Waals surface area (Å²) in [4.78, 5) is 6.73. The Kier molecular flexibility index (Phi) is 3.56. The standard InChI is InChI=1S/C13H21N3/c1-3-7-16-8-5-12(14)13(16)11-9-15-6-4-10(11)2/h4,6,9,12-13H,3,5,7-8,14H2,1-2H3. The summed E-state index contributed by atoms with van der Waals surface area (Å²) in [5.74, 6) is 0. The predicted molar refractivity (Wildman–Crippen MR) is 66.2 cm³/mol. The van der Waals surface area contributed by atoms with Gasteiger partial charge >= 0.3 is 0 Å². The molecular formula is C13H21N3. The summed E-state index contributed by atoms with van der Waals surface area (Å²) >= 11 is 0. The van der Waals surface area contributed by atoms with Crippen molar-refractivity contribution in [2.75, 3.05) is 13.1 Å². The smallest absolute Gasteiger partial charge is 0.0517 e. The molecule has 2 heterocycles. The normalized spacial score (nSPS) is 26.2. The number of aryl methyl sites for hydroxylation is 1. The quantitative estimate of drug-likeness (QED) is 0.844. The van der Waals surface area contributed by atoms with E-state index in [0.717, 1.165) is 19.5 Å². The van der Waals surface area contributed by atoms with E-state index < -0.39 is 0 Å². The van der Waals surface area contributed by atoms with Crippen molar-refractivity contribution >= 4 is 0 Å². The van der Waals surface area contributed by atoms with Crippen LogP contribution in [0.15, 0.2) is 18.5 Å². The molecule has 3 heteroatoms. The molecular weight excluding hydrogens is 198 g/mol. The summed E-state index contributed by atoms with van der Waals surface area (Å²) < 4.78 is 0. The minimum Gasteiger partial charge on any atom is -0.326 e. The van der Waals surface area contributed by atoms with Gasteiger partial charge in [0.1, 0.15) is 0 Å². The second-order valence-electron chi connectivity index (χ2n) is 4.67. The van der Waals surface area contributed by atoms with E-state index in [2.05, 4.69) is 29.8 Å². The van der Waals surface area contributed by atoms with E-state index in [1.54, 1.807) is 0 Å². The average Bonchev–Trinajstić information content (AvgIpc) is 2.62. The van der Waals surface area contributed by atoms with Gasteiger partial charge in [-0.3, -0.25) is 9.88 Å². The molecule has 0 aliphatic carbocycles. The Hall–Kier alpha value is -0.930. The lowest BCUT2D eigenvalue weighted by atomic mass is 9.98. The van der Waals surface area contributed by atoms with E-state index in [9.17, 15) is 0 Å². The molecule has 2 rings (SSSR count). The maximum atomic E-state index is 6.23. The van der Waals surface area contributed by atoms with E-state index in [0.29, 0.717) is 6.04 Å². The fourth-order valence-corrected chi connectivity index (χ4v) is 2.63. The monoisotopic (exact) mass is 219 g/mol. The molecule has 0 amide bonds. The Labute approximate surface area is 97.7 Å². The van der Waals surface area contributed by atoms with Gasteiger partial charge in [-0.25, -0.2) is 0 Å². The van der Waals surface area contributed by atoms with Gasteiger partial charge in [0, 0.05) is 25.0 Å². The summed E-state index contributed by atoms with van der Waals surface area (Å²) in [6.45, 7) is 6.61. The lowest BCUT2D eigenvalue weighted by Gasteiger charge is -2.27. The van der Waals surface area contributed by atoms with E-state index in [-0.39, 0.29) is 6.04 Å². The minimum absolute atomic E-state index is 0.259. The summed E-state index contributed by atoms with van der Waals surface area (Å²) in [6.07, 6.45) is 6.11. The molecule has 0 aromatic carbocycles. The molecule has 0 bridgehead atoms. The van der Waals surface area contributed by atoms with Crippen molar-refractivity contribution in [2.45, 2.75) is 38.8 Å². The zero-order chi connectivity index (χ0) is 11.5. The molecule has 1 aromatic heterocycles. The molecule has 1 saturated heterocycles. The first kappa shape index (κ1) is 11.6. The highest BCUT2D eigenvalue weighted by atomic mass is 15.2. The number of nitrogens with two attached hydrogens (primary N) is 1. The van der Waals surface area contributed by atoms with Gasteiger partial charge in [-0.1, -0.05) is 6.92 Å². The van der Waals surface area contributed by atoms with Gasteiger partial charge < -0.3 is 5.73 Å². The SMILES string of the molecule is CCCN1CCC(N)C1c1cnccc1C. The van der Waals surface area contributed by atoms with Crippen LogP contribution in [-0.2, 0) is 0 Å². The van der Waals surface area contributed by atoms with Crippen molar-refractivity contribution in [1.29, 1.82) is 0 Å². The minimum atomic E-state index is 0.259. The molecule has 1 aliphatic rings. The van der Waals surface area contributed by atoms with E-state index in [4.69, 9.17) is 5.73 Å². The van der Waals surface area contributed by atoms with Crippen LogP contribution < -0.4 is 5.73 Å².